The molecule has 0 unspecified atom stereocenters. The quantitative estimate of drug-likeness (QED) is 0.829. The summed E-state index contributed by atoms with van der Waals surface area (Å²) in [5.74, 6) is 1.07. The Labute approximate surface area is 132 Å². The van der Waals surface area contributed by atoms with Crippen molar-refractivity contribution in [1.82, 2.24) is 10.2 Å². The molecule has 0 saturated carbocycles. The number of hydrogen-bond donors (Lipinski definition) is 1. The van der Waals surface area contributed by atoms with E-state index in [1.807, 2.05) is 11.3 Å². The highest BCUT2D eigenvalue weighted by Crippen LogP contribution is 2.18. The Morgan fingerprint density at radius 2 is 2.05 bits per heavy atom. The first-order chi connectivity index (χ1) is 9.98. The SMILES string of the molecule is CCN(Cc1cccs1)Cc1occc1CNC(C)(C)C. The summed E-state index contributed by atoms with van der Waals surface area (Å²) < 4.78 is 5.70. The molecule has 3 nitrogen and oxygen atoms in total. The lowest BCUT2D eigenvalue weighted by molar-refractivity contribution is 0.248. The smallest absolute Gasteiger partial charge is 0.122 e. The van der Waals surface area contributed by atoms with Crippen molar-refractivity contribution in [3.8, 4) is 0 Å². The van der Waals surface area contributed by atoms with Crippen LogP contribution in [0.1, 0.15) is 43.9 Å². The molecule has 0 atom stereocenters. The lowest BCUT2D eigenvalue weighted by Crippen LogP contribution is -2.35. The number of furan rings is 1. The zero-order valence-corrected chi connectivity index (χ0v) is 14.3. The van der Waals surface area contributed by atoms with E-state index in [0.29, 0.717) is 0 Å². The maximum atomic E-state index is 5.70. The first-order valence-corrected chi connectivity index (χ1v) is 8.41. The van der Waals surface area contributed by atoms with E-state index >= 15 is 0 Å². The van der Waals surface area contributed by atoms with Crippen LogP contribution in [0.15, 0.2) is 34.3 Å². The van der Waals surface area contributed by atoms with Crippen molar-refractivity contribution in [2.45, 2.75) is 52.9 Å². The lowest BCUT2D eigenvalue weighted by atomic mass is 10.1. The average molecular weight is 306 g/mol. The number of rotatable bonds is 7. The molecule has 0 radical (unpaired) electrons. The molecule has 0 aliphatic heterocycles. The molecular formula is C17H26N2OS. The molecule has 0 aliphatic rings. The molecular weight excluding hydrogens is 280 g/mol. The molecule has 1 N–H and O–H groups in total. The Morgan fingerprint density at radius 1 is 1.24 bits per heavy atom. The Balaban J connectivity index is 1.96. The summed E-state index contributed by atoms with van der Waals surface area (Å²) >= 11 is 1.81. The van der Waals surface area contributed by atoms with Crippen LogP contribution in [-0.2, 0) is 19.6 Å². The third-order valence-electron chi connectivity index (χ3n) is 3.42. The van der Waals surface area contributed by atoms with Crippen LogP contribution < -0.4 is 5.32 Å². The first-order valence-electron chi connectivity index (χ1n) is 7.53. The van der Waals surface area contributed by atoms with Crippen LogP contribution in [0.4, 0.5) is 0 Å². The van der Waals surface area contributed by atoms with Gasteiger partial charge in [-0.25, -0.2) is 0 Å². The predicted molar refractivity (Wildman–Crippen MR) is 89.4 cm³/mol. The molecule has 116 valence electrons. The van der Waals surface area contributed by atoms with E-state index in [1.165, 1.54) is 10.4 Å². The minimum Gasteiger partial charge on any atom is -0.468 e. The second-order valence-electron chi connectivity index (χ2n) is 6.36. The molecule has 0 spiro atoms. The lowest BCUT2D eigenvalue weighted by Gasteiger charge is -2.22. The fraction of sp³-hybridized carbons (Fsp3) is 0.529. The van der Waals surface area contributed by atoms with Gasteiger partial charge in [0.2, 0.25) is 0 Å². The summed E-state index contributed by atoms with van der Waals surface area (Å²) in [6, 6.07) is 6.38. The van der Waals surface area contributed by atoms with Crippen molar-refractivity contribution < 1.29 is 4.42 Å². The summed E-state index contributed by atoms with van der Waals surface area (Å²) in [6.45, 7) is 12.5. The zero-order chi connectivity index (χ0) is 15.3. The molecule has 0 amide bonds. The van der Waals surface area contributed by atoms with Crippen LogP contribution in [0.3, 0.4) is 0 Å². The summed E-state index contributed by atoms with van der Waals surface area (Å²) in [5, 5.41) is 5.66. The minimum atomic E-state index is 0.121. The van der Waals surface area contributed by atoms with Gasteiger partial charge in [-0.15, -0.1) is 11.3 Å². The van der Waals surface area contributed by atoms with Gasteiger partial charge in [-0.2, -0.15) is 0 Å². The largest absolute Gasteiger partial charge is 0.468 e. The van der Waals surface area contributed by atoms with Crippen LogP contribution in [0.25, 0.3) is 0 Å². The minimum absolute atomic E-state index is 0.121. The van der Waals surface area contributed by atoms with Crippen LogP contribution in [-0.4, -0.2) is 17.0 Å². The van der Waals surface area contributed by atoms with E-state index in [1.54, 1.807) is 6.26 Å². The molecule has 21 heavy (non-hydrogen) atoms. The fourth-order valence-corrected chi connectivity index (χ4v) is 2.88. The van der Waals surface area contributed by atoms with Gasteiger partial charge in [0.1, 0.15) is 5.76 Å². The van der Waals surface area contributed by atoms with Gasteiger partial charge < -0.3 is 9.73 Å². The second-order valence-corrected chi connectivity index (χ2v) is 7.39. The average Bonchev–Trinajstić information content (AvgIpc) is 3.06. The van der Waals surface area contributed by atoms with Gasteiger partial charge in [-0.05, 0) is 44.8 Å². The summed E-state index contributed by atoms with van der Waals surface area (Å²) in [5.41, 5.74) is 1.38. The molecule has 0 bridgehead atoms. The second kappa shape index (κ2) is 7.25. The molecule has 2 heterocycles. The Bertz CT molecular complexity index is 525. The molecule has 2 aromatic rings. The third kappa shape index (κ3) is 5.30. The normalized spacial score (nSPS) is 12.2. The third-order valence-corrected chi connectivity index (χ3v) is 4.28. The van der Waals surface area contributed by atoms with Gasteiger partial charge in [0.05, 0.1) is 12.8 Å². The van der Waals surface area contributed by atoms with Crippen LogP contribution in [0.2, 0.25) is 0 Å². The molecule has 0 aliphatic carbocycles. The van der Waals surface area contributed by atoms with E-state index in [4.69, 9.17) is 4.42 Å². The van der Waals surface area contributed by atoms with Gasteiger partial charge in [-0.3, -0.25) is 4.90 Å². The maximum absolute atomic E-state index is 5.70. The highest BCUT2D eigenvalue weighted by molar-refractivity contribution is 7.09. The number of nitrogens with zero attached hydrogens (tertiary/aromatic N) is 1. The van der Waals surface area contributed by atoms with E-state index in [9.17, 15) is 0 Å². The number of hydrogen-bond acceptors (Lipinski definition) is 4. The highest BCUT2D eigenvalue weighted by atomic mass is 32.1. The summed E-state index contributed by atoms with van der Waals surface area (Å²) in [4.78, 5) is 3.81. The molecule has 0 aromatic carbocycles. The van der Waals surface area contributed by atoms with Crippen molar-refractivity contribution in [3.05, 3.63) is 46.0 Å². The molecule has 4 heteroatoms. The summed E-state index contributed by atoms with van der Waals surface area (Å²) in [6.07, 6.45) is 1.80. The van der Waals surface area contributed by atoms with Gasteiger partial charge in [-0.1, -0.05) is 13.0 Å². The van der Waals surface area contributed by atoms with E-state index in [2.05, 4.69) is 61.5 Å². The van der Waals surface area contributed by atoms with Gasteiger partial charge in [0, 0.05) is 29.1 Å². The monoisotopic (exact) mass is 306 g/mol. The molecule has 2 rings (SSSR count). The fourth-order valence-electron chi connectivity index (χ4n) is 2.13. The van der Waals surface area contributed by atoms with Gasteiger partial charge in [0.25, 0.3) is 0 Å². The predicted octanol–water partition coefficient (Wildman–Crippen LogP) is 4.25. The number of thiophene rings is 1. The van der Waals surface area contributed by atoms with Crippen LogP contribution in [0, 0.1) is 0 Å². The van der Waals surface area contributed by atoms with E-state index in [-0.39, 0.29) is 5.54 Å². The van der Waals surface area contributed by atoms with Crippen molar-refractivity contribution >= 4 is 11.3 Å². The molecule has 0 saturated heterocycles. The van der Waals surface area contributed by atoms with Crippen molar-refractivity contribution in [1.29, 1.82) is 0 Å². The zero-order valence-electron chi connectivity index (χ0n) is 13.5. The maximum Gasteiger partial charge on any atom is 0.122 e. The van der Waals surface area contributed by atoms with Crippen molar-refractivity contribution in [2.75, 3.05) is 6.54 Å². The van der Waals surface area contributed by atoms with E-state index in [0.717, 1.165) is 31.9 Å². The number of nitrogens with one attached hydrogen (secondary N) is 1. The van der Waals surface area contributed by atoms with Gasteiger partial charge >= 0.3 is 0 Å². The van der Waals surface area contributed by atoms with Crippen molar-refractivity contribution in [2.24, 2.45) is 0 Å². The Morgan fingerprint density at radius 3 is 2.67 bits per heavy atom. The Hall–Kier alpha value is -1.10. The standard InChI is InChI=1S/C17H26N2OS/c1-5-19(12-15-7-6-10-21-15)13-16-14(8-9-20-16)11-18-17(2,3)4/h6-10,18H,5,11-13H2,1-4H3. The van der Waals surface area contributed by atoms with E-state index < -0.39 is 0 Å². The van der Waals surface area contributed by atoms with Gasteiger partial charge in [0.15, 0.2) is 0 Å². The first kappa shape index (κ1) is 16.3. The van der Waals surface area contributed by atoms with Crippen molar-refractivity contribution in [3.63, 3.8) is 0 Å². The van der Waals surface area contributed by atoms with Crippen LogP contribution in [0.5, 0.6) is 0 Å². The molecule has 0 fully saturated rings. The molecule has 2 aromatic heterocycles. The Kier molecular flexibility index (Phi) is 5.62. The highest BCUT2D eigenvalue weighted by Gasteiger charge is 2.14. The topological polar surface area (TPSA) is 28.4 Å². The summed E-state index contributed by atoms with van der Waals surface area (Å²) in [7, 11) is 0. The van der Waals surface area contributed by atoms with Crippen LogP contribution >= 0.6 is 11.3 Å².